The van der Waals surface area contributed by atoms with Gasteiger partial charge in [0, 0.05) is 18.2 Å². The summed E-state index contributed by atoms with van der Waals surface area (Å²) in [5.74, 6) is -0.740. The van der Waals surface area contributed by atoms with Gasteiger partial charge in [-0.1, -0.05) is 41.5 Å². The van der Waals surface area contributed by atoms with Crippen LogP contribution in [0.1, 0.15) is 58.3 Å². The Morgan fingerprint density at radius 3 is 2.30 bits per heavy atom. The van der Waals surface area contributed by atoms with E-state index in [1.54, 1.807) is 20.8 Å². The minimum Gasteiger partial charge on any atom is -0.381 e. The summed E-state index contributed by atoms with van der Waals surface area (Å²) in [5, 5.41) is 3.03. The van der Waals surface area contributed by atoms with Gasteiger partial charge in [-0.05, 0) is 11.8 Å². The van der Waals surface area contributed by atoms with Crippen LogP contribution in [-0.2, 0) is 0 Å². The van der Waals surface area contributed by atoms with Crippen molar-refractivity contribution in [1.82, 2.24) is 4.98 Å². The third-order valence-electron chi connectivity index (χ3n) is 3.00. The van der Waals surface area contributed by atoms with E-state index in [0.717, 1.165) is 6.42 Å². The van der Waals surface area contributed by atoms with Gasteiger partial charge in [-0.25, -0.2) is 4.39 Å². The molecule has 1 heterocycles. The lowest BCUT2D eigenvalue weighted by Crippen LogP contribution is -2.22. The minimum atomic E-state index is -0.618. The van der Waals surface area contributed by atoms with E-state index in [1.807, 2.05) is 0 Å². The molecule has 0 aliphatic carbocycles. The number of halogens is 1. The molecule has 1 aromatic heterocycles. The Balaban J connectivity index is 2.88. The fourth-order valence-corrected chi connectivity index (χ4v) is 1.70. The van der Waals surface area contributed by atoms with Gasteiger partial charge in [-0.15, -0.1) is 0 Å². The Morgan fingerprint density at radius 2 is 1.80 bits per heavy atom. The molecule has 0 aliphatic rings. The highest BCUT2D eigenvalue weighted by Crippen LogP contribution is 2.26. The maximum absolute atomic E-state index is 14.3. The van der Waals surface area contributed by atoms with Crippen LogP contribution in [0.25, 0.3) is 0 Å². The van der Waals surface area contributed by atoms with Crippen molar-refractivity contribution in [2.75, 3.05) is 11.9 Å². The topological polar surface area (TPSA) is 42.0 Å². The monoisotopic (exact) mass is 280 g/mol. The molecular formula is C16H25FN2O. The largest absolute Gasteiger partial charge is 0.381 e. The van der Waals surface area contributed by atoms with E-state index in [-0.39, 0.29) is 16.8 Å². The van der Waals surface area contributed by atoms with Gasteiger partial charge in [0.25, 0.3) is 0 Å². The van der Waals surface area contributed by atoms with Crippen LogP contribution in [0.5, 0.6) is 0 Å². The number of hydrogen-bond acceptors (Lipinski definition) is 3. The van der Waals surface area contributed by atoms with Crippen molar-refractivity contribution in [3.63, 3.8) is 0 Å². The number of ketones is 1. The van der Waals surface area contributed by atoms with Crippen molar-refractivity contribution in [3.05, 3.63) is 23.8 Å². The third kappa shape index (κ3) is 4.58. The van der Waals surface area contributed by atoms with Crippen molar-refractivity contribution in [3.8, 4) is 0 Å². The van der Waals surface area contributed by atoms with E-state index in [4.69, 9.17) is 0 Å². The number of carbonyl (C=O) groups excluding carboxylic acids is 1. The van der Waals surface area contributed by atoms with E-state index >= 15 is 0 Å². The summed E-state index contributed by atoms with van der Waals surface area (Å²) in [7, 11) is 0. The molecule has 1 rings (SSSR count). The number of rotatable bonds is 4. The molecule has 0 saturated heterocycles. The van der Waals surface area contributed by atoms with Crippen molar-refractivity contribution < 1.29 is 9.18 Å². The zero-order chi connectivity index (χ0) is 15.6. The molecule has 0 saturated carbocycles. The standard InChI is InChI=1S/C16H25FN2O/c1-15(2,3)7-8-19-12-10-18-9-11(13(12)17)14(20)16(4,5)6/h9-10,19H,7-8H2,1-6H3. The van der Waals surface area contributed by atoms with E-state index in [0.29, 0.717) is 12.2 Å². The number of Topliss-reactive ketones (excluding diaryl/α,β-unsaturated/α-hetero) is 1. The average molecular weight is 280 g/mol. The van der Waals surface area contributed by atoms with E-state index < -0.39 is 11.2 Å². The second-order valence-corrected chi connectivity index (χ2v) is 7.37. The number of aromatic nitrogens is 1. The first-order chi connectivity index (χ1) is 9.02. The molecule has 0 atom stereocenters. The van der Waals surface area contributed by atoms with Crippen LogP contribution in [0.15, 0.2) is 12.4 Å². The van der Waals surface area contributed by atoms with E-state index in [9.17, 15) is 9.18 Å². The predicted molar refractivity (Wildman–Crippen MR) is 80.5 cm³/mol. The maximum Gasteiger partial charge on any atom is 0.172 e. The molecule has 112 valence electrons. The molecule has 3 nitrogen and oxygen atoms in total. The molecule has 0 radical (unpaired) electrons. The number of carbonyl (C=O) groups is 1. The maximum atomic E-state index is 14.3. The molecule has 4 heteroatoms. The van der Waals surface area contributed by atoms with Gasteiger partial charge in [0.1, 0.15) is 0 Å². The highest BCUT2D eigenvalue weighted by molar-refractivity contribution is 6.00. The summed E-state index contributed by atoms with van der Waals surface area (Å²) in [6.45, 7) is 12.3. The van der Waals surface area contributed by atoms with Crippen molar-refractivity contribution in [2.45, 2.75) is 48.0 Å². The highest BCUT2D eigenvalue weighted by atomic mass is 19.1. The van der Waals surface area contributed by atoms with Crippen LogP contribution in [0.2, 0.25) is 0 Å². The predicted octanol–water partition coefficient (Wildman–Crippen LogP) is 4.30. The number of hydrogen-bond donors (Lipinski definition) is 1. The molecular weight excluding hydrogens is 255 g/mol. The van der Waals surface area contributed by atoms with Gasteiger partial charge < -0.3 is 5.32 Å². The quantitative estimate of drug-likeness (QED) is 0.836. The first-order valence-corrected chi connectivity index (χ1v) is 6.94. The van der Waals surface area contributed by atoms with Crippen LogP contribution in [0.3, 0.4) is 0 Å². The second-order valence-electron chi connectivity index (χ2n) is 7.37. The summed E-state index contributed by atoms with van der Waals surface area (Å²) in [6, 6.07) is 0. The number of pyridine rings is 1. The Labute approximate surface area is 121 Å². The molecule has 1 aromatic rings. The lowest BCUT2D eigenvalue weighted by Gasteiger charge is -2.20. The average Bonchev–Trinajstić information content (AvgIpc) is 2.28. The summed E-state index contributed by atoms with van der Waals surface area (Å²) in [4.78, 5) is 16.1. The zero-order valence-electron chi connectivity index (χ0n) is 13.3. The Hall–Kier alpha value is -1.45. The van der Waals surface area contributed by atoms with Gasteiger partial charge in [0.15, 0.2) is 11.6 Å². The summed E-state index contributed by atoms with van der Waals surface area (Å²) >= 11 is 0. The summed E-state index contributed by atoms with van der Waals surface area (Å²) in [6.07, 6.45) is 3.64. The van der Waals surface area contributed by atoms with Crippen LogP contribution < -0.4 is 5.32 Å². The first-order valence-electron chi connectivity index (χ1n) is 6.94. The van der Waals surface area contributed by atoms with Crippen molar-refractivity contribution >= 4 is 11.5 Å². The van der Waals surface area contributed by atoms with Crippen LogP contribution in [-0.4, -0.2) is 17.3 Å². The lowest BCUT2D eigenvalue weighted by molar-refractivity contribution is 0.0853. The summed E-state index contributed by atoms with van der Waals surface area (Å²) < 4.78 is 14.3. The van der Waals surface area contributed by atoms with Crippen LogP contribution in [0, 0.1) is 16.6 Å². The van der Waals surface area contributed by atoms with Gasteiger partial charge in [0.2, 0.25) is 0 Å². The molecule has 0 amide bonds. The molecule has 0 fully saturated rings. The summed E-state index contributed by atoms with van der Waals surface area (Å²) in [5.41, 5.74) is -0.0925. The second kappa shape index (κ2) is 5.90. The Kier molecular flexibility index (Phi) is 4.90. The van der Waals surface area contributed by atoms with Gasteiger partial charge in [-0.3, -0.25) is 9.78 Å². The third-order valence-corrected chi connectivity index (χ3v) is 3.00. The highest BCUT2D eigenvalue weighted by Gasteiger charge is 2.27. The van der Waals surface area contributed by atoms with Gasteiger partial charge >= 0.3 is 0 Å². The molecule has 0 unspecified atom stereocenters. The molecule has 0 bridgehead atoms. The van der Waals surface area contributed by atoms with Gasteiger partial charge in [0.05, 0.1) is 17.4 Å². The van der Waals surface area contributed by atoms with E-state index in [1.165, 1.54) is 12.4 Å². The van der Waals surface area contributed by atoms with E-state index in [2.05, 4.69) is 31.1 Å². The van der Waals surface area contributed by atoms with Crippen molar-refractivity contribution in [2.24, 2.45) is 10.8 Å². The van der Waals surface area contributed by atoms with Crippen LogP contribution >= 0.6 is 0 Å². The fraction of sp³-hybridized carbons (Fsp3) is 0.625. The molecule has 0 aliphatic heterocycles. The minimum absolute atomic E-state index is 0.0539. The smallest absolute Gasteiger partial charge is 0.172 e. The Bertz CT molecular complexity index is 484. The normalized spacial score (nSPS) is 12.3. The Morgan fingerprint density at radius 1 is 1.20 bits per heavy atom. The van der Waals surface area contributed by atoms with Gasteiger partial charge in [-0.2, -0.15) is 0 Å². The van der Waals surface area contributed by atoms with Crippen LogP contribution in [0.4, 0.5) is 10.1 Å². The molecule has 0 aromatic carbocycles. The first kappa shape index (κ1) is 16.6. The number of nitrogens with zero attached hydrogens (tertiary/aromatic N) is 1. The molecule has 1 N–H and O–H groups in total. The van der Waals surface area contributed by atoms with Crippen molar-refractivity contribution in [1.29, 1.82) is 0 Å². The molecule has 0 spiro atoms. The lowest BCUT2D eigenvalue weighted by atomic mass is 9.87. The SMILES string of the molecule is CC(C)(C)CCNc1cncc(C(=O)C(C)(C)C)c1F. The molecule has 20 heavy (non-hydrogen) atoms. The number of anilines is 1. The fourth-order valence-electron chi connectivity index (χ4n) is 1.70. The zero-order valence-corrected chi connectivity index (χ0v) is 13.3. The number of nitrogens with one attached hydrogen (secondary N) is 1.